The normalized spacial score (nSPS) is 18.3. The maximum Gasteiger partial charge on any atom is 0.271 e. The molecule has 0 spiro atoms. The zero-order valence-corrected chi connectivity index (χ0v) is 21.0. The van der Waals surface area contributed by atoms with Crippen LogP contribution in [-0.4, -0.2) is 66.1 Å². The van der Waals surface area contributed by atoms with Crippen molar-refractivity contribution in [2.45, 2.75) is 51.6 Å². The number of aromatic nitrogens is 2. The number of amides is 1. The molecule has 1 amide bonds. The average molecular weight is 480 g/mol. The van der Waals surface area contributed by atoms with Crippen LogP contribution in [0.1, 0.15) is 39.5 Å². The highest BCUT2D eigenvalue weighted by molar-refractivity contribution is 5.87. The van der Waals surface area contributed by atoms with Crippen molar-refractivity contribution in [3.63, 3.8) is 0 Å². The summed E-state index contributed by atoms with van der Waals surface area (Å²) in [5.41, 5.74) is 2.41. The van der Waals surface area contributed by atoms with Gasteiger partial charge in [-0.2, -0.15) is 0 Å². The molecule has 3 heterocycles. The van der Waals surface area contributed by atoms with Crippen LogP contribution in [0.25, 0.3) is 11.1 Å². The molecule has 2 N–H and O–H groups in total. The Bertz CT molecular complexity index is 1090. The Morgan fingerprint density at radius 2 is 2.14 bits per heavy atom. The molecular formula is C27H37N5O3. The van der Waals surface area contributed by atoms with Gasteiger partial charge in [0.2, 0.25) is 11.8 Å². The molecule has 0 bridgehead atoms. The third-order valence-corrected chi connectivity index (χ3v) is 6.68. The monoisotopic (exact) mass is 479 g/mol. The first-order valence-electron chi connectivity index (χ1n) is 12.6. The number of aromatic amines is 1. The lowest BCUT2D eigenvalue weighted by atomic mass is 10.0. The van der Waals surface area contributed by atoms with Crippen LogP contribution in [0.4, 0.5) is 5.69 Å². The van der Waals surface area contributed by atoms with Crippen LogP contribution in [0.2, 0.25) is 0 Å². The molecule has 2 fully saturated rings. The summed E-state index contributed by atoms with van der Waals surface area (Å²) in [6, 6.07) is 6.23. The van der Waals surface area contributed by atoms with E-state index in [-0.39, 0.29) is 17.5 Å². The van der Waals surface area contributed by atoms with Gasteiger partial charge in [0.25, 0.3) is 5.56 Å². The number of methoxy groups -OCH3 is 1. The molecule has 4 rings (SSSR count). The van der Waals surface area contributed by atoms with Crippen molar-refractivity contribution in [2.75, 3.05) is 38.2 Å². The fourth-order valence-electron chi connectivity index (χ4n) is 4.55. The minimum absolute atomic E-state index is 0.0400. The van der Waals surface area contributed by atoms with E-state index in [1.54, 1.807) is 25.6 Å². The predicted molar refractivity (Wildman–Crippen MR) is 139 cm³/mol. The summed E-state index contributed by atoms with van der Waals surface area (Å²) in [6.07, 6.45) is 11.3. The summed E-state index contributed by atoms with van der Waals surface area (Å²) in [6.45, 7) is 7.06. The van der Waals surface area contributed by atoms with Gasteiger partial charge in [0.1, 0.15) is 5.69 Å². The molecule has 1 aliphatic carbocycles. The molecule has 1 saturated carbocycles. The Kier molecular flexibility index (Phi) is 8.23. The smallest absolute Gasteiger partial charge is 0.271 e. The third-order valence-electron chi connectivity index (χ3n) is 6.68. The molecule has 1 aliphatic heterocycles. The summed E-state index contributed by atoms with van der Waals surface area (Å²) in [5, 5.41) is 3.30. The number of anilines is 1. The molecule has 188 valence electrons. The second-order valence-electron chi connectivity index (χ2n) is 9.83. The van der Waals surface area contributed by atoms with Crippen molar-refractivity contribution < 1.29 is 9.53 Å². The first-order chi connectivity index (χ1) is 16.9. The zero-order valence-electron chi connectivity index (χ0n) is 21.0. The Balaban J connectivity index is 1.55. The van der Waals surface area contributed by atoms with E-state index in [9.17, 15) is 9.59 Å². The number of hydrogen-bond donors (Lipinski definition) is 2. The molecule has 2 aromatic rings. The average Bonchev–Trinajstić information content (AvgIpc) is 3.70. The fourth-order valence-corrected chi connectivity index (χ4v) is 4.55. The van der Waals surface area contributed by atoms with Gasteiger partial charge < -0.3 is 24.8 Å². The lowest BCUT2D eigenvalue weighted by Crippen LogP contribution is -2.51. The minimum atomic E-state index is -0.0986. The molecule has 35 heavy (non-hydrogen) atoms. The topological polar surface area (TPSA) is 90.6 Å². The number of piperidine rings is 1. The van der Waals surface area contributed by atoms with Crippen LogP contribution >= 0.6 is 0 Å². The van der Waals surface area contributed by atoms with Crippen molar-refractivity contribution in [1.29, 1.82) is 0 Å². The van der Waals surface area contributed by atoms with Crippen LogP contribution in [0.3, 0.4) is 0 Å². The summed E-state index contributed by atoms with van der Waals surface area (Å²) in [5.74, 6) is 1.17. The first-order valence-corrected chi connectivity index (χ1v) is 12.6. The van der Waals surface area contributed by atoms with E-state index in [2.05, 4.69) is 34.0 Å². The number of nitrogens with zero attached hydrogens (tertiary/aromatic N) is 3. The van der Waals surface area contributed by atoms with Crippen LogP contribution < -0.4 is 20.5 Å². The molecule has 2 aliphatic rings. The van der Waals surface area contributed by atoms with E-state index in [4.69, 9.17) is 4.74 Å². The predicted octanol–water partition coefficient (Wildman–Crippen LogP) is 3.21. The van der Waals surface area contributed by atoms with E-state index in [1.165, 1.54) is 12.8 Å². The van der Waals surface area contributed by atoms with Crippen LogP contribution in [0.15, 0.2) is 47.5 Å². The summed E-state index contributed by atoms with van der Waals surface area (Å²) >= 11 is 0. The Labute approximate surface area is 207 Å². The van der Waals surface area contributed by atoms with E-state index in [0.29, 0.717) is 36.6 Å². The number of rotatable bonds is 10. The van der Waals surface area contributed by atoms with Gasteiger partial charge >= 0.3 is 0 Å². The molecule has 1 saturated heterocycles. The van der Waals surface area contributed by atoms with Crippen molar-refractivity contribution in [3.05, 3.63) is 53.1 Å². The SMILES string of the molecule is COc1cc(-c2c[nH]c(=O)c(N(CC3CC3)C3CCCN(C(=O)C=CCNC(C)C)C3)c2)ccn1. The third kappa shape index (κ3) is 6.72. The number of hydrogen-bond acceptors (Lipinski definition) is 6. The largest absolute Gasteiger partial charge is 0.481 e. The molecular weight excluding hydrogens is 442 g/mol. The second-order valence-corrected chi connectivity index (χ2v) is 9.83. The number of likely N-dealkylation sites (tertiary alicyclic amines) is 1. The van der Waals surface area contributed by atoms with E-state index < -0.39 is 0 Å². The van der Waals surface area contributed by atoms with Gasteiger partial charge in [-0.15, -0.1) is 0 Å². The minimum Gasteiger partial charge on any atom is -0.481 e. The first kappa shape index (κ1) is 25.0. The van der Waals surface area contributed by atoms with E-state index in [1.807, 2.05) is 29.2 Å². The van der Waals surface area contributed by atoms with Crippen molar-refractivity contribution in [1.82, 2.24) is 20.2 Å². The van der Waals surface area contributed by atoms with Gasteiger partial charge in [0, 0.05) is 68.4 Å². The summed E-state index contributed by atoms with van der Waals surface area (Å²) < 4.78 is 5.27. The van der Waals surface area contributed by atoms with Gasteiger partial charge in [-0.3, -0.25) is 9.59 Å². The Hall–Kier alpha value is -3.13. The van der Waals surface area contributed by atoms with Crippen LogP contribution in [-0.2, 0) is 4.79 Å². The standard InChI is InChI=1S/C27H37N5O3/c1-19(2)28-11-4-7-26(33)31-13-5-6-23(18-31)32(17-20-8-9-20)24-14-22(16-30-27(24)34)21-10-12-29-25(15-21)35-3/h4,7,10,12,14-16,19-20,23,28H,5-6,8-9,11,13,17-18H2,1-3H3,(H,30,34). The van der Waals surface area contributed by atoms with Crippen molar-refractivity contribution in [2.24, 2.45) is 5.92 Å². The highest BCUT2D eigenvalue weighted by Gasteiger charge is 2.33. The number of carbonyl (C=O) groups is 1. The number of ether oxygens (including phenoxy) is 1. The lowest BCUT2D eigenvalue weighted by molar-refractivity contribution is -0.127. The molecule has 1 unspecified atom stereocenters. The zero-order chi connectivity index (χ0) is 24.8. The number of H-pyrrole nitrogens is 1. The molecule has 0 aromatic carbocycles. The van der Waals surface area contributed by atoms with E-state index in [0.717, 1.165) is 37.1 Å². The summed E-state index contributed by atoms with van der Waals surface area (Å²) in [7, 11) is 1.59. The number of carbonyl (C=O) groups excluding carboxylic acids is 1. The van der Waals surface area contributed by atoms with E-state index >= 15 is 0 Å². The quantitative estimate of drug-likeness (QED) is 0.509. The van der Waals surface area contributed by atoms with Crippen LogP contribution in [0.5, 0.6) is 5.88 Å². The maximum absolute atomic E-state index is 13.0. The molecule has 0 radical (unpaired) electrons. The number of nitrogens with one attached hydrogen (secondary N) is 2. The molecule has 8 nitrogen and oxygen atoms in total. The van der Waals surface area contributed by atoms with Gasteiger partial charge in [0.15, 0.2) is 0 Å². The lowest BCUT2D eigenvalue weighted by Gasteiger charge is -2.40. The van der Waals surface area contributed by atoms with Gasteiger partial charge in [-0.25, -0.2) is 4.98 Å². The van der Waals surface area contributed by atoms with Crippen molar-refractivity contribution >= 4 is 11.6 Å². The highest BCUT2D eigenvalue weighted by Crippen LogP contribution is 2.34. The summed E-state index contributed by atoms with van der Waals surface area (Å²) in [4.78, 5) is 37.2. The van der Waals surface area contributed by atoms with Gasteiger partial charge in [-0.05, 0) is 49.3 Å². The molecule has 1 atom stereocenters. The van der Waals surface area contributed by atoms with Gasteiger partial charge in [0.05, 0.1) is 7.11 Å². The van der Waals surface area contributed by atoms with Crippen LogP contribution in [0, 0.1) is 5.92 Å². The Morgan fingerprint density at radius 1 is 1.31 bits per heavy atom. The number of pyridine rings is 2. The molecule has 2 aromatic heterocycles. The highest BCUT2D eigenvalue weighted by atomic mass is 16.5. The Morgan fingerprint density at radius 3 is 2.89 bits per heavy atom. The maximum atomic E-state index is 13.0. The van der Waals surface area contributed by atoms with Gasteiger partial charge in [-0.1, -0.05) is 19.9 Å². The van der Waals surface area contributed by atoms with Crippen molar-refractivity contribution in [3.8, 4) is 17.0 Å². The molecule has 8 heteroatoms. The second kappa shape index (κ2) is 11.5. The fraction of sp³-hybridized carbons (Fsp3) is 0.519.